The van der Waals surface area contributed by atoms with E-state index in [9.17, 15) is 24.3 Å². The molecular weight excluding hydrogens is 760 g/mol. The fraction of sp³-hybridized carbons (Fsp3) is 0.622. The Morgan fingerprint density at radius 3 is 2.61 bits per heavy atom. The minimum absolute atomic E-state index is 0.0510. The Kier molecular flexibility index (Phi) is 15.2. The first kappa shape index (κ1) is 43.7. The van der Waals surface area contributed by atoms with Crippen LogP contribution >= 0.6 is 33.2 Å². The van der Waals surface area contributed by atoms with Gasteiger partial charge in [-0.25, -0.2) is 9.59 Å². The van der Waals surface area contributed by atoms with Crippen LogP contribution in [-0.4, -0.2) is 122 Å². The summed E-state index contributed by atoms with van der Waals surface area (Å²) < 4.78 is 29.2. The summed E-state index contributed by atoms with van der Waals surface area (Å²) in [5.41, 5.74) is 4.62. The number of benzene rings is 1. The van der Waals surface area contributed by atoms with Crippen molar-refractivity contribution in [3.05, 3.63) is 46.5 Å². The molecule has 17 heteroatoms. The van der Waals surface area contributed by atoms with E-state index < -0.39 is 65.7 Å². The standard InChI is InChI=1S/C37H53ClN4O10S2/c1-21-10-9-11-28(49-8)37(47)20-27(50-35(46)40-37)22(2)33-36(4,52-33)29(51-34(45)23(3)41(5)30(43)12-14-53-54-15-13-39)19-31(44)42(6)25-17-24(16-21)18-26(48-7)32(25)38/h9-11,17-18,22-23,27-29,33,47H,12-16,19-20,39H2,1-8H3,(H,40,46)/b11-9-,21-10-/t22-,23+,27+,28-,29+,33+,36?,37+/m1/s1. The van der Waals surface area contributed by atoms with E-state index in [2.05, 4.69) is 5.32 Å². The number of nitrogens with two attached hydrogens (primary N) is 1. The molecule has 3 aliphatic heterocycles. The van der Waals surface area contributed by atoms with Crippen LogP contribution in [0, 0.1) is 5.92 Å². The second kappa shape index (κ2) is 18.8. The zero-order valence-electron chi connectivity index (χ0n) is 32.1. The number of likely N-dealkylation sites (N-methyl/N-ethyl adjacent to an activating group) is 1. The molecule has 54 heavy (non-hydrogen) atoms. The Morgan fingerprint density at radius 2 is 1.94 bits per heavy atom. The highest BCUT2D eigenvalue weighted by atomic mass is 35.5. The average molecular weight is 813 g/mol. The zero-order chi connectivity index (χ0) is 40.0. The number of amides is 3. The highest BCUT2D eigenvalue weighted by Gasteiger charge is 2.64. The van der Waals surface area contributed by atoms with Crippen molar-refractivity contribution in [3.8, 4) is 5.75 Å². The highest BCUT2D eigenvalue weighted by Crippen LogP contribution is 2.49. The summed E-state index contributed by atoms with van der Waals surface area (Å²) in [5.74, 6) is -0.239. The number of rotatable bonds is 11. The molecule has 0 saturated carbocycles. The summed E-state index contributed by atoms with van der Waals surface area (Å²) in [6.07, 6.45) is 1.15. The number of carbonyl (C=O) groups is 4. The second-order valence-corrected chi connectivity index (χ2v) is 17.2. The van der Waals surface area contributed by atoms with Crippen LogP contribution in [0.5, 0.6) is 5.75 Å². The van der Waals surface area contributed by atoms with Crippen LogP contribution in [0.25, 0.3) is 0 Å². The number of carbonyl (C=O) groups excluding carboxylic acids is 4. The normalized spacial score (nSPS) is 30.8. The van der Waals surface area contributed by atoms with Gasteiger partial charge in [-0.1, -0.05) is 63.9 Å². The van der Waals surface area contributed by atoms with Gasteiger partial charge in [-0.2, -0.15) is 0 Å². The molecule has 4 rings (SSSR count). The molecule has 3 aliphatic rings. The van der Waals surface area contributed by atoms with Crippen LogP contribution in [-0.2, 0) is 39.8 Å². The Bertz CT molecular complexity index is 1620. The number of methoxy groups -OCH3 is 2. The predicted octanol–water partition coefficient (Wildman–Crippen LogP) is 4.24. The number of fused-ring (bicyclic) bond motifs is 5. The Morgan fingerprint density at radius 1 is 1.24 bits per heavy atom. The number of aliphatic hydroxyl groups is 1. The molecule has 14 nitrogen and oxygen atoms in total. The minimum Gasteiger partial charge on any atom is -0.495 e. The Labute approximate surface area is 330 Å². The number of nitrogens with zero attached hydrogens (tertiary/aromatic N) is 2. The van der Waals surface area contributed by atoms with Crippen molar-refractivity contribution in [2.45, 2.75) is 95.2 Å². The van der Waals surface area contributed by atoms with Gasteiger partial charge in [0.15, 0.2) is 5.72 Å². The molecule has 0 spiro atoms. The summed E-state index contributed by atoms with van der Waals surface area (Å²) in [6.45, 7) is 7.55. The maximum Gasteiger partial charge on any atom is 0.409 e. The summed E-state index contributed by atoms with van der Waals surface area (Å²) in [6, 6.07) is 2.61. The SMILES string of the molecule is COc1cc2cc(c1Cl)N(C)C(=O)C[C@H](OC(=O)[C@H](C)N(C)C(=O)CCSSCCN)C1(C)O[C@H]1[C@H](C)[C@@H]1C[C@@](O)(NC(=O)O1)[C@H](OC)/C=C\C=C(\C)C2. The monoisotopic (exact) mass is 812 g/mol. The van der Waals surface area contributed by atoms with E-state index in [4.69, 9.17) is 41.0 Å². The molecule has 3 amide bonds. The molecule has 4 bridgehead atoms. The number of hydrogen-bond acceptors (Lipinski definition) is 13. The molecule has 0 aliphatic carbocycles. The molecule has 2 saturated heterocycles. The van der Waals surface area contributed by atoms with Crippen molar-refractivity contribution in [1.82, 2.24) is 10.2 Å². The lowest BCUT2D eigenvalue weighted by atomic mass is 9.83. The smallest absolute Gasteiger partial charge is 0.409 e. The van der Waals surface area contributed by atoms with Crippen LogP contribution in [0.3, 0.4) is 0 Å². The van der Waals surface area contributed by atoms with Gasteiger partial charge in [-0.3, -0.25) is 14.9 Å². The molecule has 0 aromatic heterocycles. The molecule has 300 valence electrons. The molecule has 3 heterocycles. The van der Waals surface area contributed by atoms with E-state index in [-0.39, 0.29) is 30.2 Å². The fourth-order valence-corrected chi connectivity index (χ4v) is 8.84. The van der Waals surface area contributed by atoms with E-state index in [1.165, 1.54) is 41.9 Å². The number of hydrogen-bond donors (Lipinski definition) is 3. The van der Waals surface area contributed by atoms with Gasteiger partial charge in [-0.15, -0.1) is 0 Å². The van der Waals surface area contributed by atoms with Crippen molar-refractivity contribution in [2.24, 2.45) is 11.7 Å². The second-order valence-electron chi connectivity index (χ2n) is 14.1. The summed E-state index contributed by atoms with van der Waals surface area (Å²) >= 11 is 6.76. The molecule has 1 aromatic carbocycles. The number of nitrogens with one attached hydrogen (secondary N) is 1. The Hall–Kier alpha value is -2.99. The number of epoxide rings is 1. The van der Waals surface area contributed by atoms with Crippen molar-refractivity contribution >= 4 is 62.8 Å². The average Bonchev–Trinajstić information content (AvgIpc) is 3.83. The van der Waals surface area contributed by atoms with Gasteiger partial charge < -0.3 is 44.3 Å². The molecule has 8 atom stereocenters. The van der Waals surface area contributed by atoms with E-state index in [1.54, 1.807) is 62.9 Å². The number of anilines is 1. The van der Waals surface area contributed by atoms with E-state index in [0.29, 0.717) is 30.2 Å². The number of allylic oxidation sites excluding steroid dienone is 3. The number of alkyl carbamates (subject to hydrolysis) is 1. The highest BCUT2D eigenvalue weighted by molar-refractivity contribution is 8.76. The van der Waals surface area contributed by atoms with E-state index in [0.717, 1.165) is 16.9 Å². The summed E-state index contributed by atoms with van der Waals surface area (Å²) in [5, 5.41) is 14.5. The predicted molar refractivity (Wildman–Crippen MR) is 210 cm³/mol. The van der Waals surface area contributed by atoms with Gasteiger partial charge in [0.05, 0.1) is 25.3 Å². The van der Waals surface area contributed by atoms with Crippen molar-refractivity contribution < 1.29 is 48.0 Å². The lowest BCUT2D eigenvalue weighted by molar-refractivity contribution is -0.162. The van der Waals surface area contributed by atoms with Gasteiger partial charge in [0.1, 0.15) is 40.7 Å². The lowest BCUT2D eigenvalue weighted by Crippen LogP contribution is -2.63. The van der Waals surface area contributed by atoms with E-state index >= 15 is 0 Å². The van der Waals surface area contributed by atoms with Crippen LogP contribution in [0.4, 0.5) is 10.5 Å². The van der Waals surface area contributed by atoms with Gasteiger partial charge in [0.25, 0.3) is 0 Å². The van der Waals surface area contributed by atoms with E-state index in [1.807, 2.05) is 13.0 Å². The third-order valence-corrected chi connectivity index (χ3v) is 13.0. The van der Waals surface area contributed by atoms with Crippen molar-refractivity contribution in [1.29, 1.82) is 0 Å². The maximum atomic E-state index is 14.1. The van der Waals surface area contributed by atoms with Crippen LogP contribution in [0.1, 0.15) is 52.5 Å². The fourth-order valence-electron chi connectivity index (χ4n) is 6.69. The first-order chi connectivity index (χ1) is 25.5. The third-order valence-electron chi connectivity index (χ3n) is 10.2. The summed E-state index contributed by atoms with van der Waals surface area (Å²) in [4.78, 5) is 56.5. The Balaban J connectivity index is 1.70. The zero-order valence-corrected chi connectivity index (χ0v) is 34.5. The maximum absolute atomic E-state index is 14.1. The van der Waals surface area contributed by atoms with Gasteiger partial charge in [0.2, 0.25) is 11.8 Å². The van der Waals surface area contributed by atoms with Crippen LogP contribution in [0.2, 0.25) is 5.02 Å². The number of esters is 1. The third kappa shape index (κ3) is 10.2. The number of ether oxygens (including phenoxy) is 5. The topological polar surface area (TPSA) is 182 Å². The number of halogens is 1. The minimum atomic E-state index is -1.83. The molecular formula is C37H53ClN4O10S2. The first-order valence-corrected chi connectivity index (χ1v) is 20.7. The first-order valence-electron chi connectivity index (χ1n) is 17.8. The van der Waals surface area contributed by atoms with Crippen LogP contribution in [0.15, 0.2) is 35.9 Å². The molecule has 4 N–H and O–H groups in total. The molecule has 0 radical (unpaired) electrons. The van der Waals surface area contributed by atoms with Gasteiger partial charge in [0, 0.05) is 58.0 Å². The molecule has 2 fully saturated rings. The largest absolute Gasteiger partial charge is 0.495 e. The summed E-state index contributed by atoms with van der Waals surface area (Å²) in [7, 11) is 9.15. The van der Waals surface area contributed by atoms with Gasteiger partial charge in [-0.05, 0) is 44.9 Å². The quantitative estimate of drug-likeness (QED) is 0.125. The van der Waals surface area contributed by atoms with Crippen molar-refractivity contribution in [3.63, 3.8) is 0 Å². The van der Waals surface area contributed by atoms with Crippen molar-refractivity contribution in [2.75, 3.05) is 51.3 Å². The van der Waals surface area contributed by atoms with Crippen LogP contribution < -0.4 is 20.7 Å². The van der Waals surface area contributed by atoms with Gasteiger partial charge >= 0.3 is 12.1 Å². The molecule has 1 unspecified atom stereocenters. The lowest BCUT2D eigenvalue weighted by Gasteiger charge is -2.42. The molecule has 1 aromatic rings.